The summed E-state index contributed by atoms with van der Waals surface area (Å²) in [7, 11) is 0. The van der Waals surface area contributed by atoms with Crippen molar-refractivity contribution < 1.29 is 9.59 Å². The number of urea groups is 1. The van der Waals surface area contributed by atoms with Crippen molar-refractivity contribution in [2.24, 2.45) is 0 Å². The highest BCUT2D eigenvalue weighted by molar-refractivity contribution is 6.33. The van der Waals surface area contributed by atoms with E-state index in [1.54, 1.807) is 29.2 Å². The van der Waals surface area contributed by atoms with Crippen LogP contribution in [0.5, 0.6) is 0 Å². The molecule has 0 aliphatic carbocycles. The molecule has 1 heterocycles. The van der Waals surface area contributed by atoms with E-state index in [0.717, 1.165) is 23.2 Å². The van der Waals surface area contributed by atoms with Gasteiger partial charge in [0.1, 0.15) is 6.04 Å². The Labute approximate surface area is 174 Å². The maximum Gasteiger partial charge on any atom is 0.320 e. The second-order valence-corrected chi connectivity index (χ2v) is 7.20. The zero-order chi connectivity index (χ0) is 20.2. The number of halogens is 1. The Kier molecular flexibility index (Phi) is 5.49. The number of fused-ring (bicyclic) bond motifs is 1. The number of amides is 3. The summed E-state index contributed by atoms with van der Waals surface area (Å²) in [4.78, 5) is 27.8. The van der Waals surface area contributed by atoms with Gasteiger partial charge in [0.05, 0.1) is 10.7 Å². The van der Waals surface area contributed by atoms with Gasteiger partial charge in [0, 0.05) is 12.2 Å². The lowest BCUT2D eigenvalue weighted by Gasteiger charge is -2.25. The van der Waals surface area contributed by atoms with Crippen LogP contribution in [0, 0.1) is 0 Å². The fourth-order valence-corrected chi connectivity index (χ4v) is 3.69. The molecule has 0 saturated carbocycles. The lowest BCUT2D eigenvalue weighted by molar-refractivity contribution is -0.120. The Morgan fingerprint density at radius 3 is 2.38 bits per heavy atom. The van der Waals surface area contributed by atoms with Crippen LogP contribution in [0.15, 0.2) is 78.9 Å². The summed E-state index contributed by atoms with van der Waals surface area (Å²) in [5, 5.41) is 5.97. The smallest absolute Gasteiger partial charge is 0.320 e. The molecule has 146 valence electrons. The lowest BCUT2D eigenvalue weighted by atomic mass is 10.1. The van der Waals surface area contributed by atoms with Crippen LogP contribution in [-0.2, 0) is 11.2 Å². The second kappa shape index (κ2) is 8.37. The minimum Gasteiger partial charge on any atom is -0.322 e. The van der Waals surface area contributed by atoms with E-state index >= 15 is 0 Å². The Morgan fingerprint density at radius 2 is 1.59 bits per heavy atom. The normalized spacial score (nSPS) is 13.5. The summed E-state index contributed by atoms with van der Waals surface area (Å²) in [5.41, 5.74) is 3.23. The molecule has 29 heavy (non-hydrogen) atoms. The van der Waals surface area contributed by atoms with Gasteiger partial charge in [-0.3, -0.25) is 4.79 Å². The monoisotopic (exact) mass is 405 g/mol. The molecule has 4 rings (SSSR count). The van der Waals surface area contributed by atoms with Crippen molar-refractivity contribution >= 4 is 34.9 Å². The van der Waals surface area contributed by atoms with E-state index in [2.05, 4.69) is 10.6 Å². The van der Waals surface area contributed by atoms with Crippen LogP contribution >= 0.6 is 11.6 Å². The molecule has 3 amide bonds. The van der Waals surface area contributed by atoms with Crippen molar-refractivity contribution in [1.29, 1.82) is 0 Å². The lowest BCUT2D eigenvalue weighted by Crippen LogP contribution is -2.43. The third kappa shape index (κ3) is 4.10. The van der Waals surface area contributed by atoms with Crippen molar-refractivity contribution in [2.45, 2.75) is 12.5 Å². The first-order valence-electron chi connectivity index (χ1n) is 9.40. The number of rotatable bonds is 4. The van der Waals surface area contributed by atoms with Crippen LogP contribution in [0.4, 0.5) is 16.2 Å². The van der Waals surface area contributed by atoms with E-state index in [4.69, 9.17) is 11.6 Å². The van der Waals surface area contributed by atoms with Crippen molar-refractivity contribution in [1.82, 2.24) is 5.32 Å². The summed E-state index contributed by atoms with van der Waals surface area (Å²) in [6.07, 6.45) is 0.801. The van der Waals surface area contributed by atoms with Gasteiger partial charge in [-0.05, 0) is 35.7 Å². The number of carbonyl (C=O) groups is 2. The van der Waals surface area contributed by atoms with Crippen molar-refractivity contribution in [3.63, 3.8) is 0 Å². The molecular formula is C23H20ClN3O2. The first kappa shape index (κ1) is 19.0. The van der Waals surface area contributed by atoms with Crippen LogP contribution < -0.4 is 15.5 Å². The van der Waals surface area contributed by atoms with Gasteiger partial charge in [0.25, 0.3) is 5.91 Å². The molecule has 0 aromatic heterocycles. The number of hydrogen-bond acceptors (Lipinski definition) is 2. The van der Waals surface area contributed by atoms with E-state index in [9.17, 15) is 9.59 Å². The van der Waals surface area contributed by atoms with E-state index < -0.39 is 12.1 Å². The third-order valence-corrected chi connectivity index (χ3v) is 5.26. The van der Waals surface area contributed by atoms with Gasteiger partial charge in [0.2, 0.25) is 0 Å². The van der Waals surface area contributed by atoms with E-state index in [1.165, 1.54) is 0 Å². The zero-order valence-electron chi connectivity index (χ0n) is 15.6. The highest BCUT2D eigenvalue weighted by atomic mass is 35.5. The second-order valence-electron chi connectivity index (χ2n) is 6.79. The Bertz CT molecular complexity index is 1040. The third-order valence-electron chi connectivity index (χ3n) is 4.93. The fraction of sp³-hybridized carbons (Fsp3) is 0.130. The highest BCUT2D eigenvalue weighted by Gasteiger charge is 2.32. The van der Waals surface area contributed by atoms with Crippen LogP contribution in [0.2, 0.25) is 5.02 Å². The molecule has 0 unspecified atom stereocenters. The molecule has 1 aliphatic rings. The molecule has 0 spiro atoms. The molecule has 0 bridgehead atoms. The van der Waals surface area contributed by atoms with Gasteiger partial charge in [-0.2, -0.15) is 0 Å². The number of hydrogen-bond donors (Lipinski definition) is 2. The maximum atomic E-state index is 13.4. The number of para-hydroxylation sites is 2. The average Bonchev–Trinajstić information content (AvgIpc) is 3.18. The summed E-state index contributed by atoms with van der Waals surface area (Å²) in [5.74, 6) is -0.171. The molecule has 0 radical (unpaired) electrons. The number of carbonyl (C=O) groups excluding carboxylic acids is 2. The van der Waals surface area contributed by atoms with Crippen LogP contribution in [0.25, 0.3) is 0 Å². The molecule has 3 aromatic carbocycles. The SMILES string of the molecule is O=C(Nc1ccccc1Cl)N[C@H](C(=O)N1CCc2ccccc21)c1ccccc1. The first-order chi connectivity index (χ1) is 14.1. The van der Waals surface area contributed by atoms with Crippen LogP contribution in [0.1, 0.15) is 17.2 Å². The Hall–Kier alpha value is -3.31. The molecule has 6 heteroatoms. The molecule has 5 nitrogen and oxygen atoms in total. The topological polar surface area (TPSA) is 61.4 Å². The predicted molar refractivity (Wildman–Crippen MR) is 115 cm³/mol. The first-order valence-corrected chi connectivity index (χ1v) is 9.77. The van der Waals surface area contributed by atoms with Gasteiger partial charge in [-0.15, -0.1) is 0 Å². The largest absolute Gasteiger partial charge is 0.322 e. The fourth-order valence-electron chi connectivity index (χ4n) is 3.51. The minimum absolute atomic E-state index is 0.171. The van der Waals surface area contributed by atoms with Crippen LogP contribution in [-0.4, -0.2) is 18.5 Å². The quantitative estimate of drug-likeness (QED) is 0.655. The van der Waals surface area contributed by atoms with Gasteiger partial charge in [-0.1, -0.05) is 72.3 Å². The number of benzene rings is 3. The molecule has 0 saturated heterocycles. The number of nitrogens with zero attached hydrogens (tertiary/aromatic N) is 1. The summed E-state index contributed by atoms with van der Waals surface area (Å²) in [6, 6.07) is 22.7. The van der Waals surface area contributed by atoms with E-state index in [-0.39, 0.29) is 5.91 Å². The van der Waals surface area contributed by atoms with Gasteiger partial charge in [0.15, 0.2) is 0 Å². The molecule has 3 aromatic rings. The summed E-state index contributed by atoms with van der Waals surface area (Å²) < 4.78 is 0. The summed E-state index contributed by atoms with van der Waals surface area (Å²) >= 11 is 6.13. The van der Waals surface area contributed by atoms with E-state index in [0.29, 0.717) is 17.3 Å². The maximum absolute atomic E-state index is 13.4. The standard InChI is InChI=1S/C23H20ClN3O2/c24-18-11-5-6-12-19(18)25-23(29)26-21(17-9-2-1-3-10-17)22(28)27-15-14-16-8-4-7-13-20(16)27/h1-13,21H,14-15H2,(H2,25,26,29)/t21-/m0/s1. The van der Waals surface area contributed by atoms with Crippen molar-refractivity contribution in [3.8, 4) is 0 Å². The molecule has 1 aliphatic heterocycles. The number of anilines is 2. The van der Waals surface area contributed by atoms with Crippen molar-refractivity contribution in [2.75, 3.05) is 16.8 Å². The highest BCUT2D eigenvalue weighted by Crippen LogP contribution is 2.30. The van der Waals surface area contributed by atoms with Gasteiger partial charge < -0.3 is 15.5 Å². The van der Waals surface area contributed by atoms with Gasteiger partial charge >= 0.3 is 6.03 Å². The Balaban J connectivity index is 1.58. The number of nitrogens with one attached hydrogen (secondary N) is 2. The summed E-state index contributed by atoms with van der Waals surface area (Å²) in [6.45, 7) is 0.593. The van der Waals surface area contributed by atoms with Crippen molar-refractivity contribution in [3.05, 3.63) is 95.0 Å². The predicted octanol–water partition coefficient (Wildman–Crippen LogP) is 4.79. The molecule has 2 N–H and O–H groups in total. The zero-order valence-corrected chi connectivity index (χ0v) is 16.4. The molecular weight excluding hydrogens is 386 g/mol. The van der Waals surface area contributed by atoms with Gasteiger partial charge in [-0.25, -0.2) is 4.79 Å². The molecule has 1 atom stereocenters. The Morgan fingerprint density at radius 1 is 0.897 bits per heavy atom. The molecule has 0 fully saturated rings. The average molecular weight is 406 g/mol. The van der Waals surface area contributed by atoms with Crippen LogP contribution in [0.3, 0.4) is 0 Å². The minimum atomic E-state index is -0.815. The van der Waals surface area contributed by atoms with E-state index in [1.807, 2.05) is 54.6 Å².